The summed E-state index contributed by atoms with van der Waals surface area (Å²) in [5.74, 6) is 2.32. The Bertz CT molecular complexity index is 475. The lowest BCUT2D eigenvalue weighted by Crippen LogP contribution is -2.15. The molecule has 1 saturated carbocycles. The van der Waals surface area contributed by atoms with E-state index in [2.05, 4.69) is 11.4 Å². The van der Waals surface area contributed by atoms with Gasteiger partial charge in [-0.1, -0.05) is 25.0 Å². The minimum atomic E-state index is -0.0225. The first-order valence-corrected chi connectivity index (χ1v) is 7.82. The minimum absolute atomic E-state index is 0.0225. The minimum Gasteiger partial charge on any atom is -0.324 e. The number of nitriles is 1. The molecule has 0 unspecified atom stereocenters. The van der Waals surface area contributed by atoms with Crippen LogP contribution in [-0.4, -0.2) is 17.4 Å². The molecule has 0 saturated heterocycles. The van der Waals surface area contributed by atoms with Crippen LogP contribution in [0.4, 0.5) is 5.69 Å². The largest absolute Gasteiger partial charge is 0.324 e. The summed E-state index contributed by atoms with van der Waals surface area (Å²) in [5.41, 5.74) is 1.12. The number of benzene rings is 1. The van der Waals surface area contributed by atoms with E-state index in [1.54, 1.807) is 30.0 Å². The maximum atomic E-state index is 11.8. The van der Waals surface area contributed by atoms with Crippen LogP contribution in [0.25, 0.3) is 0 Å². The van der Waals surface area contributed by atoms with Crippen LogP contribution < -0.4 is 5.32 Å². The molecular weight excluding hydrogens is 256 g/mol. The quantitative estimate of drug-likeness (QED) is 0.895. The molecule has 19 heavy (non-hydrogen) atoms. The summed E-state index contributed by atoms with van der Waals surface area (Å²) in [7, 11) is 0. The van der Waals surface area contributed by atoms with Gasteiger partial charge in [0.2, 0.25) is 5.91 Å². The first kappa shape index (κ1) is 14.0. The van der Waals surface area contributed by atoms with Crippen LogP contribution in [0.3, 0.4) is 0 Å². The Kier molecular flexibility index (Phi) is 5.29. The van der Waals surface area contributed by atoms with E-state index in [-0.39, 0.29) is 5.91 Å². The highest BCUT2D eigenvalue weighted by Crippen LogP contribution is 2.27. The maximum absolute atomic E-state index is 11.8. The Balaban J connectivity index is 1.76. The molecule has 1 aliphatic rings. The topological polar surface area (TPSA) is 52.9 Å². The van der Waals surface area contributed by atoms with E-state index >= 15 is 0 Å². The van der Waals surface area contributed by atoms with E-state index in [0.717, 1.165) is 11.7 Å². The van der Waals surface area contributed by atoms with Gasteiger partial charge in [0.15, 0.2) is 0 Å². The highest BCUT2D eigenvalue weighted by molar-refractivity contribution is 7.99. The molecule has 1 N–H and O–H groups in total. The molecule has 1 aromatic rings. The van der Waals surface area contributed by atoms with Gasteiger partial charge in [-0.3, -0.25) is 4.79 Å². The van der Waals surface area contributed by atoms with Crippen molar-refractivity contribution < 1.29 is 4.79 Å². The molecule has 0 aromatic heterocycles. The first-order chi connectivity index (χ1) is 9.29. The number of anilines is 1. The molecule has 3 nitrogen and oxygen atoms in total. The van der Waals surface area contributed by atoms with Gasteiger partial charge in [0.05, 0.1) is 17.0 Å². The summed E-state index contributed by atoms with van der Waals surface area (Å²) in [4.78, 5) is 11.8. The molecule has 0 radical (unpaired) electrons. The Morgan fingerprint density at radius 1 is 1.37 bits per heavy atom. The van der Waals surface area contributed by atoms with Crippen molar-refractivity contribution in [2.45, 2.75) is 25.7 Å². The van der Waals surface area contributed by atoms with E-state index < -0.39 is 0 Å². The number of para-hydroxylation sites is 1. The van der Waals surface area contributed by atoms with Crippen LogP contribution in [0, 0.1) is 17.2 Å². The number of hydrogen-bond acceptors (Lipinski definition) is 3. The second kappa shape index (κ2) is 7.20. The van der Waals surface area contributed by atoms with Crippen molar-refractivity contribution >= 4 is 23.4 Å². The van der Waals surface area contributed by atoms with Gasteiger partial charge in [0.1, 0.15) is 6.07 Å². The molecule has 100 valence electrons. The van der Waals surface area contributed by atoms with Crippen LogP contribution in [-0.2, 0) is 4.79 Å². The fourth-order valence-electron chi connectivity index (χ4n) is 2.37. The summed E-state index contributed by atoms with van der Waals surface area (Å²) < 4.78 is 0. The number of hydrogen-bond donors (Lipinski definition) is 1. The normalized spacial score (nSPS) is 15.1. The smallest absolute Gasteiger partial charge is 0.234 e. The van der Waals surface area contributed by atoms with E-state index in [9.17, 15) is 4.79 Å². The molecule has 1 fully saturated rings. The summed E-state index contributed by atoms with van der Waals surface area (Å²) >= 11 is 1.70. The van der Waals surface area contributed by atoms with Crippen LogP contribution in [0.2, 0.25) is 0 Å². The van der Waals surface area contributed by atoms with Gasteiger partial charge in [-0.25, -0.2) is 0 Å². The number of amides is 1. The van der Waals surface area contributed by atoms with Crippen LogP contribution in [0.15, 0.2) is 24.3 Å². The molecule has 4 heteroatoms. The highest BCUT2D eigenvalue weighted by atomic mass is 32.2. The summed E-state index contributed by atoms with van der Waals surface area (Å²) in [6.45, 7) is 0. The Morgan fingerprint density at radius 2 is 2.11 bits per heavy atom. The van der Waals surface area contributed by atoms with Gasteiger partial charge < -0.3 is 5.32 Å². The zero-order chi connectivity index (χ0) is 13.5. The third-order valence-electron chi connectivity index (χ3n) is 3.38. The van der Waals surface area contributed by atoms with Crippen LogP contribution in [0.1, 0.15) is 31.2 Å². The number of carbonyl (C=O) groups is 1. The number of rotatable bonds is 5. The van der Waals surface area contributed by atoms with Crippen LogP contribution in [0.5, 0.6) is 0 Å². The van der Waals surface area contributed by atoms with Crippen molar-refractivity contribution in [2.75, 3.05) is 16.8 Å². The molecule has 1 aromatic carbocycles. The van der Waals surface area contributed by atoms with E-state index in [1.165, 1.54) is 25.7 Å². The molecule has 0 atom stereocenters. The monoisotopic (exact) mass is 274 g/mol. The molecule has 1 amide bonds. The highest BCUT2D eigenvalue weighted by Gasteiger charge is 2.15. The van der Waals surface area contributed by atoms with Crippen molar-refractivity contribution in [1.82, 2.24) is 0 Å². The SMILES string of the molecule is N#Cc1ccccc1NC(=O)CSCC1CCCC1. The fraction of sp³-hybridized carbons (Fsp3) is 0.467. The van der Waals surface area contributed by atoms with Crippen LogP contribution >= 0.6 is 11.8 Å². The third-order valence-corrected chi connectivity index (χ3v) is 4.56. The maximum Gasteiger partial charge on any atom is 0.234 e. The summed E-state index contributed by atoms with van der Waals surface area (Å²) in [6.07, 6.45) is 5.30. The van der Waals surface area contributed by atoms with Crippen molar-refractivity contribution in [2.24, 2.45) is 5.92 Å². The van der Waals surface area contributed by atoms with Crippen molar-refractivity contribution in [3.63, 3.8) is 0 Å². The van der Waals surface area contributed by atoms with E-state index in [0.29, 0.717) is 17.0 Å². The van der Waals surface area contributed by atoms with Gasteiger partial charge in [-0.05, 0) is 36.6 Å². The average Bonchev–Trinajstić information content (AvgIpc) is 2.92. The standard InChI is InChI=1S/C15H18N2OS/c16-9-13-7-3-4-8-14(13)17-15(18)11-19-10-12-5-1-2-6-12/h3-4,7-8,12H,1-2,5-6,10-11H2,(H,17,18). The lowest BCUT2D eigenvalue weighted by atomic mass is 10.1. The van der Waals surface area contributed by atoms with Crippen molar-refractivity contribution in [1.29, 1.82) is 5.26 Å². The van der Waals surface area contributed by atoms with Gasteiger partial charge in [0, 0.05) is 0 Å². The zero-order valence-electron chi connectivity index (χ0n) is 10.9. The Labute approximate surface area is 118 Å². The fourth-order valence-corrected chi connectivity index (χ4v) is 3.41. The first-order valence-electron chi connectivity index (χ1n) is 6.66. The number of carbonyl (C=O) groups excluding carboxylic acids is 1. The molecule has 0 bridgehead atoms. The van der Waals surface area contributed by atoms with E-state index in [1.807, 2.05) is 6.07 Å². The molecular formula is C15H18N2OS. The average molecular weight is 274 g/mol. The second-order valence-corrected chi connectivity index (χ2v) is 5.90. The molecule has 1 aliphatic carbocycles. The van der Waals surface area contributed by atoms with Gasteiger partial charge >= 0.3 is 0 Å². The van der Waals surface area contributed by atoms with Gasteiger partial charge in [-0.2, -0.15) is 17.0 Å². The number of nitrogens with zero attached hydrogens (tertiary/aromatic N) is 1. The summed E-state index contributed by atoms with van der Waals surface area (Å²) in [5, 5.41) is 11.7. The van der Waals surface area contributed by atoms with Gasteiger partial charge in [-0.15, -0.1) is 0 Å². The lowest BCUT2D eigenvalue weighted by molar-refractivity contribution is -0.113. The van der Waals surface area contributed by atoms with E-state index in [4.69, 9.17) is 5.26 Å². The second-order valence-electron chi connectivity index (χ2n) is 4.87. The molecule has 0 heterocycles. The Morgan fingerprint density at radius 3 is 2.84 bits per heavy atom. The zero-order valence-corrected chi connectivity index (χ0v) is 11.7. The third kappa shape index (κ3) is 4.29. The Hall–Kier alpha value is -1.47. The summed E-state index contributed by atoms with van der Waals surface area (Å²) in [6, 6.07) is 9.17. The molecule has 2 rings (SSSR count). The predicted molar refractivity (Wildman–Crippen MR) is 79.1 cm³/mol. The molecule has 0 spiro atoms. The number of nitrogens with one attached hydrogen (secondary N) is 1. The van der Waals surface area contributed by atoms with Crippen molar-refractivity contribution in [3.05, 3.63) is 29.8 Å². The van der Waals surface area contributed by atoms with Gasteiger partial charge in [0.25, 0.3) is 0 Å². The molecule has 0 aliphatic heterocycles. The predicted octanol–water partition coefficient (Wildman–Crippen LogP) is 3.42. The number of thioether (sulfide) groups is 1. The lowest BCUT2D eigenvalue weighted by Gasteiger charge is -2.09. The van der Waals surface area contributed by atoms with Crippen molar-refractivity contribution in [3.8, 4) is 6.07 Å².